The number of nitrogens with one attached hydrogen (secondary N) is 3. The molecule has 0 aliphatic heterocycles. The highest BCUT2D eigenvalue weighted by atomic mass is 16.2. The van der Waals surface area contributed by atoms with Gasteiger partial charge in [-0.05, 0) is 35.7 Å². The third-order valence-corrected chi connectivity index (χ3v) is 5.00. The quantitative estimate of drug-likeness (QED) is 0.590. The summed E-state index contributed by atoms with van der Waals surface area (Å²) >= 11 is 0. The average Bonchev–Trinajstić information content (AvgIpc) is 2.75. The topological polar surface area (TPSA) is 87.3 Å². The second-order valence-electron chi connectivity index (χ2n) is 7.76. The van der Waals surface area contributed by atoms with Crippen LogP contribution in [0, 0.1) is 11.8 Å². The lowest BCUT2D eigenvalue weighted by Crippen LogP contribution is -2.50. The van der Waals surface area contributed by atoms with Gasteiger partial charge in [-0.2, -0.15) is 0 Å². The highest BCUT2D eigenvalue weighted by Gasteiger charge is 2.26. The van der Waals surface area contributed by atoms with Crippen LogP contribution < -0.4 is 16.0 Å². The number of amides is 3. The molecule has 2 rings (SSSR count). The van der Waals surface area contributed by atoms with Gasteiger partial charge in [-0.25, -0.2) is 0 Å². The molecule has 0 heterocycles. The van der Waals surface area contributed by atoms with Crippen LogP contribution in [0.15, 0.2) is 54.6 Å². The molecule has 2 unspecified atom stereocenters. The van der Waals surface area contributed by atoms with Crippen molar-refractivity contribution >= 4 is 23.4 Å². The van der Waals surface area contributed by atoms with Crippen LogP contribution in [0.3, 0.4) is 0 Å². The molecule has 0 spiro atoms. The average molecular weight is 410 g/mol. The van der Waals surface area contributed by atoms with Gasteiger partial charge >= 0.3 is 0 Å². The van der Waals surface area contributed by atoms with Crippen molar-refractivity contribution in [2.24, 2.45) is 11.8 Å². The molecule has 6 heteroatoms. The third kappa shape index (κ3) is 6.72. The fraction of sp³-hybridized carbons (Fsp3) is 0.375. The monoisotopic (exact) mass is 409 g/mol. The fourth-order valence-electron chi connectivity index (χ4n) is 2.86. The number of carbonyl (C=O) groups is 3. The number of hydrogen-bond donors (Lipinski definition) is 3. The largest absolute Gasteiger partial charge is 0.350 e. The molecule has 30 heavy (non-hydrogen) atoms. The van der Waals surface area contributed by atoms with Crippen molar-refractivity contribution in [3.8, 4) is 0 Å². The normalized spacial score (nSPS) is 12.7. The number of carbonyl (C=O) groups excluding carboxylic acids is 3. The van der Waals surface area contributed by atoms with Crippen LogP contribution in [-0.2, 0) is 16.1 Å². The Morgan fingerprint density at radius 3 is 2.23 bits per heavy atom. The van der Waals surface area contributed by atoms with E-state index in [9.17, 15) is 14.4 Å². The zero-order valence-corrected chi connectivity index (χ0v) is 18.1. The van der Waals surface area contributed by atoms with Crippen molar-refractivity contribution in [3.05, 3.63) is 65.7 Å². The van der Waals surface area contributed by atoms with E-state index in [4.69, 9.17) is 0 Å². The summed E-state index contributed by atoms with van der Waals surface area (Å²) < 4.78 is 0. The summed E-state index contributed by atoms with van der Waals surface area (Å²) in [6.07, 6.45) is 0.754. The van der Waals surface area contributed by atoms with Gasteiger partial charge in [-0.3, -0.25) is 14.4 Å². The summed E-state index contributed by atoms with van der Waals surface area (Å²) in [4.78, 5) is 37.3. The Morgan fingerprint density at radius 1 is 0.900 bits per heavy atom. The molecule has 0 aromatic heterocycles. The minimum atomic E-state index is -0.633. The van der Waals surface area contributed by atoms with Gasteiger partial charge in [-0.15, -0.1) is 0 Å². The van der Waals surface area contributed by atoms with Crippen molar-refractivity contribution in [2.45, 2.75) is 46.7 Å². The van der Waals surface area contributed by atoms with E-state index < -0.39 is 6.04 Å². The van der Waals surface area contributed by atoms with Crippen LogP contribution in [0.5, 0.6) is 0 Å². The van der Waals surface area contributed by atoms with Crippen LogP contribution in [0.2, 0.25) is 0 Å². The van der Waals surface area contributed by atoms with Crippen LogP contribution in [0.4, 0.5) is 5.69 Å². The Morgan fingerprint density at radius 2 is 1.60 bits per heavy atom. The number of benzene rings is 2. The molecule has 0 saturated heterocycles. The van der Waals surface area contributed by atoms with Gasteiger partial charge in [0.1, 0.15) is 6.04 Å². The highest BCUT2D eigenvalue weighted by Crippen LogP contribution is 2.13. The first-order chi connectivity index (χ1) is 14.3. The van der Waals surface area contributed by atoms with Gasteiger partial charge in [0.05, 0.1) is 0 Å². The minimum Gasteiger partial charge on any atom is -0.350 e. The lowest BCUT2D eigenvalue weighted by Gasteiger charge is -2.23. The van der Waals surface area contributed by atoms with Gasteiger partial charge in [-0.1, -0.05) is 64.4 Å². The molecule has 0 radical (unpaired) electrons. The standard InChI is InChI=1S/C24H31N3O3/c1-5-17(4)21(27-23(29)19-11-7-6-8-12-19)24(30)25-15-18-10-9-13-20(14-18)26-22(28)16(2)3/h6-14,16-17,21H,5,15H2,1-4H3,(H,25,30)(H,26,28)(H,27,29). The van der Waals surface area contributed by atoms with E-state index in [-0.39, 0.29) is 29.6 Å². The number of anilines is 1. The summed E-state index contributed by atoms with van der Waals surface area (Å²) in [6.45, 7) is 7.90. The Labute approximate surface area is 178 Å². The second kappa shape index (κ2) is 11.1. The van der Waals surface area contributed by atoms with E-state index in [1.807, 2.05) is 58.0 Å². The Hall–Kier alpha value is -3.15. The lowest BCUT2D eigenvalue weighted by molar-refractivity contribution is -0.124. The SMILES string of the molecule is CCC(C)C(NC(=O)c1ccccc1)C(=O)NCc1cccc(NC(=O)C(C)C)c1. The summed E-state index contributed by atoms with van der Waals surface area (Å²) in [5.41, 5.74) is 2.07. The maximum Gasteiger partial charge on any atom is 0.251 e. The molecule has 0 bridgehead atoms. The molecule has 0 aliphatic carbocycles. The van der Waals surface area contributed by atoms with Crippen molar-refractivity contribution < 1.29 is 14.4 Å². The molecular formula is C24H31N3O3. The Bertz CT molecular complexity index is 865. The first-order valence-electron chi connectivity index (χ1n) is 10.3. The molecule has 2 aromatic rings. The maximum atomic E-state index is 12.8. The summed E-state index contributed by atoms with van der Waals surface area (Å²) in [5, 5.41) is 8.63. The van der Waals surface area contributed by atoms with E-state index in [0.717, 1.165) is 12.0 Å². The van der Waals surface area contributed by atoms with Crippen molar-refractivity contribution in [1.29, 1.82) is 0 Å². The van der Waals surface area contributed by atoms with Gasteiger partial charge in [0.2, 0.25) is 11.8 Å². The third-order valence-electron chi connectivity index (χ3n) is 5.00. The van der Waals surface area contributed by atoms with Crippen LogP contribution in [0.25, 0.3) is 0 Å². The molecular weight excluding hydrogens is 378 g/mol. The maximum absolute atomic E-state index is 12.8. The van der Waals surface area contributed by atoms with E-state index in [1.54, 1.807) is 24.3 Å². The van der Waals surface area contributed by atoms with Crippen molar-refractivity contribution in [1.82, 2.24) is 10.6 Å². The molecule has 0 aliphatic rings. The first-order valence-corrected chi connectivity index (χ1v) is 10.3. The van der Waals surface area contributed by atoms with Crippen molar-refractivity contribution in [2.75, 3.05) is 5.32 Å². The molecule has 2 atom stereocenters. The molecule has 6 nitrogen and oxygen atoms in total. The van der Waals surface area contributed by atoms with Crippen LogP contribution in [-0.4, -0.2) is 23.8 Å². The number of hydrogen-bond acceptors (Lipinski definition) is 3. The van der Waals surface area contributed by atoms with Gasteiger partial charge in [0, 0.05) is 23.7 Å². The molecule has 3 amide bonds. The highest BCUT2D eigenvalue weighted by molar-refractivity contribution is 5.97. The predicted molar refractivity (Wildman–Crippen MR) is 119 cm³/mol. The van der Waals surface area contributed by atoms with Crippen molar-refractivity contribution in [3.63, 3.8) is 0 Å². The van der Waals surface area contributed by atoms with E-state index in [0.29, 0.717) is 17.8 Å². The summed E-state index contributed by atoms with van der Waals surface area (Å²) in [6, 6.07) is 15.6. The van der Waals surface area contributed by atoms with Gasteiger partial charge < -0.3 is 16.0 Å². The molecule has 2 aromatic carbocycles. The number of rotatable bonds is 9. The van der Waals surface area contributed by atoms with E-state index in [2.05, 4.69) is 16.0 Å². The smallest absolute Gasteiger partial charge is 0.251 e. The summed E-state index contributed by atoms with van der Waals surface area (Å²) in [7, 11) is 0. The molecule has 0 saturated carbocycles. The second-order valence-corrected chi connectivity index (χ2v) is 7.76. The van der Waals surface area contributed by atoms with E-state index in [1.165, 1.54) is 0 Å². The Kier molecular flexibility index (Phi) is 8.59. The van der Waals surface area contributed by atoms with Crippen LogP contribution >= 0.6 is 0 Å². The minimum absolute atomic E-state index is 0.0191. The Balaban J connectivity index is 2.02. The molecule has 160 valence electrons. The van der Waals surface area contributed by atoms with Crippen LogP contribution in [0.1, 0.15) is 50.0 Å². The van der Waals surface area contributed by atoms with Gasteiger partial charge in [0.15, 0.2) is 0 Å². The zero-order chi connectivity index (χ0) is 22.1. The lowest BCUT2D eigenvalue weighted by atomic mass is 9.97. The van der Waals surface area contributed by atoms with Gasteiger partial charge in [0.25, 0.3) is 5.91 Å². The fourth-order valence-corrected chi connectivity index (χ4v) is 2.86. The molecule has 3 N–H and O–H groups in total. The van der Waals surface area contributed by atoms with E-state index >= 15 is 0 Å². The predicted octanol–water partition coefficient (Wildman–Crippen LogP) is 3.74. The first kappa shape index (κ1) is 23.1. The molecule has 0 fully saturated rings. The summed E-state index contributed by atoms with van der Waals surface area (Å²) in [5.74, 6) is -0.691. The zero-order valence-electron chi connectivity index (χ0n) is 18.1.